The number of hydroxylamine groups is 2. The van der Waals surface area contributed by atoms with E-state index in [0.717, 1.165) is 0 Å². The van der Waals surface area contributed by atoms with Gasteiger partial charge in [-0.15, -0.1) is 5.06 Å². The van der Waals surface area contributed by atoms with Gasteiger partial charge in [-0.3, -0.25) is 24.5 Å². The molecule has 0 aromatic heterocycles. The summed E-state index contributed by atoms with van der Waals surface area (Å²) in [6, 6.07) is 12.5. The van der Waals surface area contributed by atoms with Gasteiger partial charge in [-0.25, -0.2) is 4.89 Å². The van der Waals surface area contributed by atoms with Crippen LogP contribution in [0.5, 0.6) is 5.75 Å². The van der Waals surface area contributed by atoms with Crippen LogP contribution in [-0.4, -0.2) is 34.7 Å². The highest BCUT2D eigenvalue weighted by Gasteiger charge is 2.37. The van der Waals surface area contributed by atoms with Crippen molar-refractivity contribution in [3.05, 3.63) is 65.2 Å². The monoisotopic (exact) mass is 357 g/mol. The Hall–Kier alpha value is -3.07. The van der Waals surface area contributed by atoms with Crippen LogP contribution < -0.4 is 4.74 Å². The molecule has 0 saturated carbocycles. The summed E-state index contributed by atoms with van der Waals surface area (Å²) in [7, 11) is 0. The molecule has 0 aliphatic carbocycles. The first-order chi connectivity index (χ1) is 12.5. The largest absolute Gasteiger partial charge is 0.427 e. The number of rotatable bonds is 6. The minimum absolute atomic E-state index is 0.254. The third kappa shape index (κ3) is 3.47. The highest BCUT2D eigenvalue weighted by Crippen LogP contribution is 2.25. The predicted octanol–water partition coefficient (Wildman–Crippen LogP) is 2.37. The number of benzene rings is 2. The van der Waals surface area contributed by atoms with Crippen LogP contribution >= 0.6 is 0 Å². The van der Waals surface area contributed by atoms with Gasteiger partial charge in [0.25, 0.3) is 11.8 Å². The van der Waals surface area contributed by atoms with Gasteiger partial charge >= 0.3 is 5.97 Å². The summed E-state index contributed by atoms with van der Waals surface area (Å²) in [6.07, 6.45) is -0.953. The number of nitrogens with zero attached hydrogens (tertiary/aromatic N) is 1. The maximum absolute atomic E-state index is 12.2. The molecule has 1 N–H and O–H groups in total. The first-order valence-electron chi connectivity index (χ1n) is 7.70. The van der Waals surface area contributed by atoms with Gasteiger partial charge in [0, 0.05) is 6.92 Å². The molecule has 1 aliphatic rings. The van der Waals surface area contributed by atoms with Crippen molar-refractivity contribution < 1.29 is 34.1 Å². The first kappa shape index (κ1) is 17.7. The lowest BCUT2D eigenvalue weighted by atomic mass is 10.1. The zero-order chi connectivity index (χ0) is 18.7. The molecule has 26 heavy (non-hydrogen) atoms. The number of amides is 2. The molecular weight excluding hydrogens is 342 g/mol. The van der Waals surface area contributed by atoms with Crippen LogP contribution in [0.3, 0.4) is 0 Å². The lowest BCUT2D eigenvalue weighted by molar-refractivity contribution is -0.299. The molecule has 2 aromatic rings. The lowest BCUT2D eigenvalue weighted by Gasteiger charge is -2.18. The van der Waals surface area contributed by atoms with Crippen molar-refractivity contribution in [2.24, 2.45) is 0 Å². The number of carbonyl (C=O) groups is 3. The van der Waals surface area contributed by atoms with E-state index in [9.17, 15) is 14.4 Å². The first-order valence-corrected chi connectivity index (χ1v) is 7.70. The van der Waals surface area contributed by atoms with E-state index >= 15 is 0 Å². The minimum atomic E-state index is -0.953. The van der Waals surface area contributed by atoms with Crippen molar-refractivity contribution in [3.63, 3.8) is 0 Å². The van der Waals surface area contributed by atoms with Gasteiger partial charge in [0.1, 0.15) is 18.5 Å². The van der Waals surface area contributed by atoms with Gasteiger partial charge in [-0.2, -0.15) is 0 Å². The quantitative estimate of drug-likeness (QED) is 0.278. The van der Waals surface area contributed by atoms with Crippen LogP contribution in [0.4, 0.5) is 0 Å². The van der Waals surface area contributed by atoms with Crippen molar-refractivity contribution in [3.8, 4) is 5.75 Å². The average Bonchev–Trinajstić information content (AvgIpc) is 2.88. The molecule has 1 unspecified atom stereocenters. The van der Waals surface area contributed by atoms with Crippen LogP contribution in [0.25, 0.3) is 0 Å². The third-order valence-electron chi connectivity index (χ3n) is 3.75. The zero-order valence-corrected chi connectivity index (χ0v) is 13.7. The molecule has 8 nitrogen and oxygen atoms in total. The van der Waals surface area contributed by atoms with E-state index in [1.165, 1.54) is 31.2 Å². The van der Waals surface area contributed by atoms with Gasteiger partial charge in [-0.05, 0) is 29.8 Å². The molecule has 1 atom stereocenters. The van der Waals surface area contributed by atoms with Gasteiger partial charge in [0.05, 0.1) is 11.1 Å². The Bertz CT molecular complexity index is 812. The molecular formula is C18H15NO7. The Kier molecular flexibility index (Phi) is 5.08. The number of imide groups is 1. The minimum Gasteiger partial charge on any atom is -0.427 e. The smallest absolute Gasteiger partial charge is 0.308 e. The standard InChI is InChI=1S/C18H15NO7/c1-11(20)25-13-8-6-12(7-9-13)16(26-23)10-24-19-17(21)14-4-2-3-5-15(14)18(19)22/h2-9,16,23H,10H2,1H3. The second-order valence-corrected chi connectivity index (χ2v) is 5.50. The molecule has 0 radical (unpaired) electrons. The lowest BCUT2D eigenvalue weighted by Crippen LogP contribution is -2.32. The predicted molar refractivity (Wildman–Crippen MR) is 87.1 cm³/mol. The summed E-state index contributed by atoms with van der Waals surface area (Å²) in [5, 5.41) is 9.76. The van der Waals surface area contributed by atoms with Gasteiger partial charge in [0.2, 0.25) is 0 Å². The molecule has 2 amide bonds. The van der Waals surface area contributed by atoms with Gasteiger partial charge in [-0.1, -0.05) is 24.3 Å². The maximum atomic E-state index is 12.2. The molecule has 2 aromatic carbocycles. The average molecular weight is 357 g/mol. The van der Waals surface area contributed by atoms with E-state index in [2.05, 4.69) is 4.89 Å². The van der Waals surface area contributed by atoms with Crippen molar-refractivity contribution in [1.82, 2.24) is 5.06 Å². The third-order valence-corrected chi connectivity index (χ3v) is 3.75. The number of hydrogen-bond donors (Lipinski definition) is 1. The van der Waals surface area contributed by atoms with Gasteiger partial charge < -0.3 is 4.74 Å². The SMILES string of the molecule is CC(=O)Oc1ccc(C(CON2C(=O)c3ccccc3C2=O)OO)cc1. The second kappa shape index (κ2) is 7.44. The highest BCUT2D eigenvalue weighted by atomic mass is 17.1. The topological polar surface area (TPSA) is 102 Å². The fourth-order valence-electron chi connectivity index (χ4n) is 2.53. The Morgan fingerprint density at radius 2 is 1.62 bits per heavy atom. The van der Waals surface area contributed by atoms with Crippen molar-refractivity contribution in [1.29, 1.82) is 0 Å². The van der Waals surface area contributed by atoms with E-state index in [-0.39, 0.29) is 17.7 Å². The molecule has 0 fully saturated rings. The zero-order valence-electron chi connectivity index (χ0n) is 13.7. The van der Waals surface area contributed by atoms with E-state index < -0.39 is 23.9 Å². The number of carbonyl (C=O) groups excluding carboxylic acids is 3. The van der Waals surface area contributed by atoms with E-state index in [4.69, 9.17) is 14.8 Å². The molecule has 0 spiro atoms. The molecule has 1 aliphatic heterocycles. The second-order valence-electron chi connectivity index (χ2n) is 5.50. The van der Waals surface area contributed by atoms with Gasteiger partial charge in [0.15, 0.2) is 0 Å². The number of esters is 1. The number of fused-ring (bicyclic) bond motifs is 1. The van der Waals surface area contributed by atoms with Crippen molar-refractivity contribution >= 4 is 17.8 Å². The molecule has 0 saturated heterocycles. The van der Waals surface area contributed by atoms with Crippen molar-refractivity contribution in [2.75, 3.05) is 6.61 Å². The Morgan fingerprint density at radius 1 is 1.04 bits per heavy atom. The number of hydrogen-bond acceptors (Lipinski definition) is 7. The number of ether oxygens (including phenoxy) is 1. The van der Waals surface area contributed by atoms with Crippen LogP contribution in [-0.2, 0) is 14.5 Å². The summed E-state index contributed by atoms with van der Waals surface area (Å²) < 4.78 is 4.92. The summed E-state index contributed by atoms with van der Waals surface area (Å²) in [4.78, 5) is 45.0. The Morgan fingerprint density at radius 3 is 2.12 bits per heavy atom. The normalized spacial score (nSPS) is 14.3. The highest BCUT2D eigenvalue weighted by molar-refractivity contribution is 6.20. The fraction of sp³-hybridized carbons (Fsp3) is 0.167. The molecule has 134 valence electrons. The maximum Gasteiger partial charge on any atom is 0.308 e. The summed E-state index contributed by atoms with van der Waals surface area (Å²) in [6.45, 7) is 0.998. The van der Waals surface area contributed by atoms with Crippen LogP contribution in [0.2, 0.25) is 0 Å². The van der Waals surface area contributed by atoms with E-state index in [0.29, 0.717) is 16.4 Å². The Labute approximate surface area is 148 Å². The molecule has 0 bridgehead atoms. The molecule has 3 rings (SSSR count). The summed E-state index contributed by atoms with van der Waals surface area (Å²) >= 11 is 0. The van der Waals surface area contributed by atoms with Crippen LogP contribution in [0.15, 0.2) is 48.5 Å². The molecule has 8 heteroatoms. The van der Waals surface area contributed by atoms with Crippen LogP contribution in [0, 0.1) is 0 Å². The molecule has 1 heterocycles. The Balaban J connectivity index is 1.67. The van der Waals surface area contributed by atoms with Crippen molar-refractivity contribution in [2.45, 2.75) is 13.0 Å². The summed E-state index contributed by atoms with van der Waals surface area (Å²) in [5.41, 5.74) is 1.01. The van der Waals surface area contributed by atoms with E-state index in [1.54, 1.807) is 24.3 Å². The summed E-state index contributed by atoms with van der Waals surface area (Å²) in [5.74, 6) is -1.28. The van der Waals surface area contributed by atoms with Crippen LogP contribution in [0.1, 0.15) is 39.3 Å². The fourth-order valence-corrected chi connectivity index (χ4v) is 2.53. The van der Waals surface area contributed by atoms with E-state index in [1.807, 2.05) is 0 Å².